The van der Waals surface area contributed by atoms with Crippen molar-refractivity contribution in [2.75, 3.05) is 19.1 Å². The Bertz CT molecular complexity index is 1320. The fourth-order valence-corrected chi connectivity index (χ4v) is 3.95. The number of aliphatic hydroxyl groups excluding tert-OH is 1. The molecule has 1 atom stereocenters. The third-order valence-electron chi connectivity index (χ3n) is 5.55. The molecule has 34 heavy (non-hydrogen) atoms. The molecule has 3 aromatic carbocycles. The lowest BCUT2D eigenvalue weighted by Crippen LogP contribution is -2.29. The third-order valence-corrected chi connectivity index (χ3v) is 5.55. The Morgan fingerprint density at radius 3 is 2.35 bits per heavy atom. The number of hydrogen-bond donors (Lipinski definition) is 1. The van der Waals surface area contributed by atoms with Crippen LogP contribution in [0.2, 0.25) is 0 Å². The van der Waals surface area contributed by atoms with Crippen LogP contribution in [-0.4, -0.2) is 35.9 Å². The summed E-state index contributed by atoms with van der Waals surface area (Å²) in [5, 5.41) is 22.5. The summed E-state index contributed by atoms with van der Waals surface area (Å²) in [5.74, 6) is -1.43. The highest BCUT2D eigenvalue weighted by molar-refractivity contribution is 6.51. The van der Waals surface area contributed by atoms with E-state index in [4.69, 9.17) is 9.47 Å². The van der Waals surface area contributed by atoms with Crippen molar-refractivity contribution in [3.05, 3.63) is 99.6 Å². The molecule has 1 aliphatic rings. The van der Waals surface area contributed by atoms with Crippen molar-refractivity contribution in [1.29, 1.82) is 0 Å². The summed E-state index contributed by atoms with van der Waals surface area (Å²) in [6, 6.07) is 17.5. The number of carbonyl (C=O) groups excluding carboxylic acids is 2. The number of hydrogen-bond acceptors (Lipinski definition) is 7. The second-order valence-corrected chi connectivity index (χ2v) is 7.42. The smallest absolute Gasteiger partial charge is 0.300 e. The number of aliphatic hydroxyl groups is 1. The van der Waals surface area contributed by atoms with Gasteiger partial charge in [-0.1, -0.05) is 36.4 Å². The van der Waals surface area contributed by atoms with E-state index in [9.17, 15) is 24.8 Å². The number of non-ortho nitro benzene ring substituents is 1. The van der Waals surface area contributed by atoms with Gasteiger partial charge in [0, 0.05) is 29.3 Å². The summed E-state index contributed by atoms with van der Waals surface area (Å²) in [5.41, 5.74) is 0.462. The lowest BCUT2D eigenvalue weighted by Gasteiger charge is -2.26. The lowest BCUT2D eigenvalue weighted by molar-refractivity contribution is -0.384. The number of carbonyl (C=O) groups is 2. The number of rotatable bonds is 6. The molecule has 1 saturated heterocycles. The Morgan fingerprint density at radius 2 is 1.71 bits per heavy atom. The quantitative estimate of drug-likeness (QED) is 0.192. The van der Waals surface area contributed by atoms with Crippen LogP contribution in [0.15, 0.2) is 78.4 Å². The summed E-state index contributed by atoms with van der Waals surface area (Å²) in [6.45, 7) is 0. The van der Waals surface area contributed by atoms with E-state index in [0.29, 0.717) is 22.6 Å². The number of ketones is 1. The van der Waals surface area contributed by atoms with Crippen molar-refractivity contribution in [1.82, 2.24) is 0 Å². The van der Waals surface area contributed by atoms with Gasteiger partial charge in [0.25, 0.3) is 17.4 Å². The first kappa shape index (κ1) is 22.5. The van der Waals surface area contributed by atoms with Gasteiger partial charge in [-0.15, -0.1) is 0 Å². The molecule has 0 saturated carbocycles. The zero-order valence-corrected chi connectivity index (χ0v) is 18.3. The van der Waals surface area contributed by atoms with E-state index < -0.39 is 22.7 Å². The average molecular weight is 460 g/mol. The predicted molar refractivity (Wildman–Crippen MR) is 124 cm³/mol. The Labute approximate surface area is 194 Å². The number of nitrogens with zero attached hydrogens (tertiary/aromatic N) is 2. The van der Waals surface area contributed by atoms with Crippen molar-refractivity contribution in [2.24, 2.45) is 0 Å². The molecule has 0 aromatic heterocycles. The van der Waals surface area contributed by atoms with Crippen LogP contribution in [0.5, 0.6) is 11.5 Å². The maximum atomic E-state index is 13.2. The van der Waals surface area contributed by atoms with Gasteiger partial charge in [-0.05, 0) is 18.2 Å². The van der Waals surface area contributed by atoms with Crippen molar-refractivity contribution >= 4 is 28.8 Å². The van der Waals surface area contributed by atoms with Gasteiger partial charge in [-0.25, -0.2) is 0 Å². The number of ether oxygens (including phenoxy) is 2. The van der Waals surface area contributed by atoms with Crippen LogP contribution in [0.3, 0.4) is 0 Å². The van der Waals surface area contributed by atoms with Crippen LogP contribution in [0, 0.1) is 10.1 Å². The molecule has 172 valence electrons. The van der Waals surface area contributed by atoms with Crippen LogP contribution < -0.4 is 14.4 Å². The van der Waals surface area contributed by atoms with Gasteiger partial charge in [0.1, 0.15) is 17.3 Å². The fraction of sp³-hybridized carbons (Fsp3) is 0.120. The average Bonchev–Trinajstić information content (AvgIpc) is 3.13. The Kier molecular flexibility index (Phi) is 6.01. The maximum absolute atomic E-state index is 13.2. The summed E-state index contributed by atoms with van der Waals surface area (Å²) in [7, 11) is 2.91. The van der Waals surface area contributed by atoms with Crippen molar-refractivity contribution in [3.8, 4) is 11.5 Å². The van der Waals surface area contributed by atoms with Gasteiger partial charge < -0.3 is 14.6 Å². The zero-order valence-electron chi connectivity index (χ0n) is 18.3. The first-order chi connectivity index (χ1) is 16.4. The third kappa shape index (κ3) is 3.83. The van der Waals surface area contributed by atoms with Gasteiger partial charge >= 0.3 is 0 Å². The Balaban J connectivity index is 2.00. The monoisotopic (exact) mass is 460 g/mol. The van der Waals surface area contributed by atoms with E-state index in [1.54, 1.807) is 48.5 Å². The van der Waals surface area contributed by atoms with E-state index in [1.165, 1.54) is 38.5 Å². The van der Waals surface area contributed by atoms with Crippen LogP contribution >= 0.6 is 0 Å². The van der Waals surface area contributed by atoms with Crippen molar-refractivity contribution in [2.45, 2.75) is 6.04 Å². The molecule has 0 bridgehead atoms. The van der Waals surface area contributed by atoms with E-state index in [1.807, 2.05) is 0 Å². The van der Waals surface area contributed by atoms with Crippen molar-refractivity contribution < 1.29 is 29.1 Å². The summed E-state index contributed by atoms with van der Waals surface area (Å²) < 4.78 is 10.8. The largest absolute Gasteiger partial charge is 0.507 e. The molecule has 1 aliphatic heterocycles. The molecular formula is C25H20N2O7. The van der Waals surface area contributed by atoms with Gasteiger partial charge in [-0.2, -0.15) is 0 Å². The van der Waals surface area contributed by atoms with Gasteiger partial charge in [0.15, 0.2) is 0 Å². The molecule has 1 unspecified atom stereocenters. The molecule has 1 heterocycles. The number of benzene rings is 3. The fourth-order valence-electron chi connectivity index (χ4n) is 3.95. The van der Waals surface area contributed by atoms with Gasteiger partial charge in [0.2, 0.25) is 0 Å². The van der Waals surface area contributed by atoms with E-state index >= 15 is 0 Å². The minimum absolute atomic E-state index is 0.131. The summed E-state index contributed by atoms with van der Waals surface area (Å²) >= 11 is 0. The molecule has 9 heteroatoms. The lowest BCUT2D eigenvalue weighted by atomic mass is 9.94. The van der Waals surface area contributed by atoms with E-state index in [2.05, 4.69) is 0 Å². The predicted octanol–water partition coefficient (Wildman–Crippen LogP) is 4.24. The molecule has 1 N–H and O–H groups in total. The van der Waals surface area contributed by atoms with Gasteiger partial charge in [0.05, 0.1) is 36.4 Å². The standard InChI is InChI=1S/C25H20N2O7/c1-33-18-11-12-19(20(14-18)34-2)22-21(23(28)15-7-4-3-5-8-15)24(29)25(30)26(22)16-9-6-10-17(13-16)27(31)32/h3-14,22,28H,1-2H3. The number of nitro benzene ring substituents is 1. The molecule has 1 amide bonds. The minimum atomic E-state index is -1.11. The summed E-state index contributed by atoms with van der Waals surface area (Å²) in [4.78, 5) is 38.3. The SMILES string of the molecule is COc1ccc(C2C(=C(O)c3ccccc3)C(=O)C(=O)N2c2cccc([N+](=O)[O-])c2)c(OC)c1. The first-order valence-electron chi connectivity index (χ1n) is 10.2. The molecule has 0 aliphatic carbocycles. The van der Waals surface area contributed by atoms with Crippen molar-refractivity contribution in [3.63, 3.8) is 0 Å². The molecule has 9 nitrogen and oxygen atoms in total. The maximum Gasteiger partial charge on any atom is 0.300 e. The first-order valence-corrected chi connectivity index (χ1v) is 10.2. The van der Waals surface area contributed by atoms with Crippen LogP contribution in [0.4, 0.5) is 11.4 Å². The summed E-state index contributed by atoms with van der Waals surface area (Å²) in [6.07, 6.45) is 0. The number of methoxy groups -OCH3 is 2. The number of anilines is 1. The molecule has 3 aromatic rings. The van der Waals surface area contributed by atoms with Gasteiger partial charge in [-0.3, -0.25) is 24.6 Å². The zero-order chi connectivity index (χ0) is 24.4. The Hall–Kier alpha value is -4.66. The molecule has 1 fully saturated rings. The molecular weight excluding hydrogens is 440 g/mol. The number of amides is 1. The molecule has 0 radical (unpaired) electrons. The molecule has 4 rings (SSSR count). The van der Waals surface area contributed by atoms with Crippen LogP contribution in [0.25, 0.3) is 5.76 Å². The normalized spacial score (nSPS) is 17.0. The number of Topliss-reactive ketones (excluding diaryl/α,β-unsaturated/α-hetero) is 1. The topological polar surface area (TPSA) is 119 Å². The highest BCUT2D eigenvalue weighted by Crippen LogP contribution is 2.46. The van der Waals surface area contributed by atoms with Crippen LogP contribution in [-0.2, 0) is 9.59 Å². The minimum Gasteiger partial charge on any atom is -0.507 e. The highest BCUT2D eigenvalue weighted by atomic mass is 16.6. The van der Waals surface area contributed by atoms with E-state index in [0.717, 1.165) is 4.90 Å². The number of nitro groups is 1. The molecule has 0 spiro atoms. The second kappa shape index (κ2) is 9.07. The van der Waals surface area contributed by atoms with Crippen LogP contribution in [0.1, 0.15) is 17.2 Å². The highest BCUT2D eigenvalue weighted by Gasteiger charge is 2.48. The second-order valence-electron chi connectivity index (χ2n) is 7.42. The Morgan fingerprint density at radius 1 is 0.971 bits per heavy atom. The van der Waals surface area contributed by atoms with E-state index in [-0.39, 0.29) is 22.7 Å².